The normalized spacial score (nSPS) is 12.1. The monoisotopic (exact) mass is 515 g/mol. The molecule has 8 nitrogen and oxygen atoms in total. The van der Waals surface area contributed by atoms with Crippen LogP contribution in [0.15, 0.2) is 65.2 Å². The zero-order chi connectivity index (χ0) is 27.1. The van der Waals surface area contributed by atoms with E-state index in [0.29, 0.717) is 18.1 Å². The van der Waals surface area contributed by atoms with Crippen LogP contribution in [0.5, 0.6) is 0 Å². The van der Waals surface area contributed by atoms with Gasteiger partial charge in [0.25, 0.3) is 6.43 Å². The third-order valence-corrected chi connectivity index (χ3v) is 5.09. The number of allylic oxidation sites excluding steroid dienone is 1. The average molecular weight is 516 g/mol. The molecule has 0 amide bonds. The van der Waals surface area contributed by atoms with Crippen molar-refractivity contribution >= 4 is 35.2 Å². The minimum atomic E-state index is -3.01. The fourth-order valence-electron chi connectivity index (χ4n) is 3.27. The smallest absolute Gasteiger partial charge is 0.294 e. The number of fused-ring (bicyclic) bond motifs is 1. The van der Waals surface area contributed by atoms with Crippen LogP contribution in [0, 0.1) is 11.6 Å². The van der Waals surface area contributed by atoms with Crippen LogP contribution < -0.4 is 11.1 Å². The molecule has 0 fully saturated rings. The first-order chi connectivity index (χ1) is 17.7. The van der Waals surface area contributed by atoms with E-state index in [-0.39, 0.29) is 17.8 Å². The molecule has 0 aliphatic rings. The lowest BCUT2D eigenvalue weighted by Gasteiger charge is -2.17. The van der Waals surface area contributed by atoms with Gasteiger partial charge in [-0.3, -0.25) is 10.0 Å². The number of anilines is 1. The van der Waals surface area contributed by atoms with Gasteiger partial charge in [-0.05, 0) is 36.8 Å². The molecule has 0 saturated heterocycles. The van der Waals surface area contributed by atoms with E-state index in [1.807, 2.05) is 6.92 Å². The van der Waals surface area contributed by atoms with Crippen LogP contribution in [0.25, 0.3) is 16.6 Å². The second-order valence-electron chi connectivity index (χ2n) is 7.64. The summed E-state index contributed by atoms with van der Waals surface area (Å²) >= 11 is 0. The number of aromatic nitrogens is 2. The maximum atomic E-state index is 14.8. The second kappa shape index (κ2) is 12.0. The maximum Gasteiger partial charge on any atom is 0.294 e. The number of hydrazone groups is 1. The number of alkyl halides is 2. The molecule has 0 spiro atoms. The Morgan fingerprint density at radius 2 is 2.00 bits per heavy atom. The highest BCUT2D eigenvalue weighted by Gasteiger charge is 2.20. The van der Waals surface area contributed by atoms with Crippen LogP contribution in [-0.4, -0.2) is 47.6 Å². The van der Waals surface area contributed by atoms with E-state index in [1.54, 1.807) is 24.4 Å². The largest absolute Gasteiger partial charge is 0.438 e. The summed E-state index contributed by atoms with van der Waals surface area (Å²) < 4.78 is 59.8. The molecule has 3 rings (SSSR count). The highest BCUT2D eigenvalue weighted by Crippen LogP contribution is 2.22. The van der Waals surface area contributed by atoms with Crippen molar-refractivity contribution in [2.75, 3.05) is 18.9 Å². The van der Waals surface area contributed by atoms with E-state index >= 15 is 0 Å². The molecule has 0 aliphatic heterocycles. The van der Waals surface area contributed by atoms with Gasteiger partial charge in [0.1, 0.15) is 11.6 Å². The highest BCUT2D eigenvalue weighted by atomic mass is 19.3. The Bertz CT molecular complexity index is 1370. The molecule has 3 aromatic rings. The van der Waals surface area contributed by atoms with Crippen molar-refractivity contribution < 1.29 is 22.3 Å². The van der Waals surface area contributed by atoms with Crippen LogP contribution >= 0.6 is 0 Å². The molecule has 0 aliphatic carbocycles. The first kappa shape index (κ1) is 27.1. The van der Waals surface area contributed by atoms with Crippen LogP contribution in [0.3, 0.4) is 0 Å². The van der Waals surface area contributed by atoms with E-state index in [0.717, 1.165) is 23.0 Å². The number of nitrogens with two attached hydrogens (primary N) is 1. The molecular weight excluding hydrogens is 490 g/mol. The number of hydrogen-bond donors (Lipinski definition) is 2. The average Bonchev–Trinajstić information content (AvgIpc) is 2.88. The molecule has 2 aromatic carbocycles. The predicted molar refractivity (Wildman–Crippen MR) is 136 cm³/mol. The van der Waals surface area contributed by atoms with Crippen molar-refractivity contribution in [1.82, 2.24) is 15.0 Å². The summed E-state index contributed by atoms with van der Waals surface area (Å²) in [7, 11) is 1.19. The summed E-state index contributed by atoms with van der Waals surface area (Å²) in [4.78, 5) is 12.3. The molecule has 1 aromatic heterocycles. The lowest BCUT2D eigenvalue weighted by Crippen LogP contribution is -2.16. The fraction of sp³-hybridized carbons (Fsp3) is 0.200. The third kappa shape index (κ3) is 6.60. The Hall–Kier alpha value is -4.48. The van der Waals surface area contributed by atoms with Gasteiger partial charge in [0, 0.05) is 43.7 Å². The van der Waals surface area contributed by atoms with Crippen molar-refractivity contribution in [2.24, 2.45) is 15.8 Å². The Labute approximate surface area is 210 Å². The summed E-state index contributed by atoms with van der Waals surface area (Å²) in [6, 6.07) is 7.01. The van der Waals surface area contributed by atoms with Crippen molar-refractivity contribution in [3.05, 3.63) is 83.4 Å². The van der Waals surface area contributed by atoms with Crippen molar-refractivity contribution in [3.8, 4) is 0 Å². The Morgan fingerprint density at radius 3 is 2.65 bits per heavy atom. The number of rotatable bonds is 10. The van der Waals surface area contributed by atoms with Gasteiger partial charge >= 0.3 is 0 Å². The van der Waals surface area contributed by atoms with Crippen LogP contribution in [0.1, 0.15) is 23.6 Å². The Balaban J connectivity index is 1.83. The predicted octanol–water partition coefficient (Wildman–Crippen LogP) is 4.89. The Morgan fingerprint density at radius 1 is 1.24 bits per heavy atom. The minimum absolute atomic E-state index is 0.0938. The van der Waals surface area contributed by atoms with Gasteiger partial charge in [0.2, 0.25) is 11.8 Å². The summed E-state index contributed by atoms with van der Waals surface area (Å²) in [5.74, 6) is -2.74. The molecule has 12 heteroatoms. The summed E-state index contributed by atoms with van der Waals surface area (Å²) in [5.41, 5.74) is 7.32. The number of nitrogens with zero attached hydrogens (tertiary/aromatic N) is 5. The van der Waals surface area contributed by atoms with Crippen LogP contribution in [0.4, 0.5) is 23.5 Å². The molecule has 1 heterocycles. The fourth-order valence-corrected chi connectivity index (χ4v) is 3.27. The van der Waals surface area contributed by atoms with Gasteiger partial charge in [-0.1, -0.05) is 12.6 Å². The summed E-state index contributed by atoms with van der Waals surface area (Å²) in [5, 5.41) is 8.83. The Kier molecular flexibility index (Phi) is 8.77. The van der Waals surface area contributed by atoms with Gasteiger partial charge < -0.3 is 15.8 Å². The molecule has 0 unspecified atom stereocenters. The summed E-state index contributed by atoms with van der Waals surface area (Å²) in [6.45, 7) is 8.90. The van der Waals surface area contributed by atoms with Gasteiger partial charge in [0.15, 0.2) is 5.76 Å². The van der Waals surface area contributed by atoms with Crippen LogP contribution in [-0.2, 0) is 11.3 Å². The lowest BCUT2D eigenvalue weighted by molar-refractivity contribution is 0.134. The summed E-state index contributed by atoms with van der Waals surface area (Å²) in [6.07, 6.45) is 0.0651. The molecule has 37 heavy (non-hydrogen) atoms. The zero-order valence-electron chi connectivity index (χ0n) is 20.2. The van der Waals surface area contributed by atoms with Gasteiger partial charge in [-0.2, -0.15) is 5.10 Å². The number of aliphatic imine (C=N–C) groups is 1. The number of hydrogen-bond acceptors (Lipinski definition) is 8. The minimum Gasteiger partial charge on any atom is -0.438 e. The maximum absolute atomic E-state index is 14.8. The van der Waals surface area contributed by atoms with Gasteiger partial charge in [0.05, 0.1) is 23.3 Å². The SMILES string of the molecule is C=NN(/C=C(\N)c1ccc2nc(NCC)ncc2c1)Cc1cc(F)c(C(=NC)OC(=C)C(F)F)cc1F. The first-order valence-corrected chi connectivity index (χ1v) is 11.0. The zero-order valence-corrected chi connectivity index (χ0v) is 20.2. The highest BCUT2D eigenvalue weighted by molar-refractivity contribution is 5.95. The third-order valence-electron chi connectivity index (χ3n) is 5.09. The van der Waals surface area contributed by atoms with E-state index < -0.39 is 35.3 Å². The molecule has 194 valence electrons. The topological polar surface area (TPSA) is 101 Å². The number of benzene rings is 2. The number of ether oxygens (including phenoxy) is 1. The van der Waals surface area contributed by atoms with E-state index in [2.05, 4.69) is 38.7 Å². The lowest BCUT2D eigenvalue weighted by atomic mass is 10.1. The van der Waals surface area contributed by atoms with E-state index in [9.17, 15) is 17.6 Å². The van der Waals surface area contributed by atoms with Crippen molar-refractivity contribution in [3.63, 3.8) is 0 Å². The van der Waals surface area contributed by atoms with Crippen LogP contribution in [0.2, 0.25) is 0 Å². The van der Waals surface area contributed by atoms with Crippen molar-refractivity contribution in [2.45, 2.75) is 19.9 Å². The second-order valence-corrected chi connectivity index (χ2v) is 7.64. The molecule has 3 N–H and O–H groups in total. The standard InChI is InChI=1S/C25H25F4N7O/c1-5-33-25-34-11-16-8-15(6-7-22(16)35-25)21(30)13-36(32-4)12-17-9-20(27)18(10-19(17)26)24(31-3)37-14(2)23(28)29/h6-11,13,23H,2,4-5,12,30H2,1,3H3,(H,33,34,35)/b21-13-,31-24?. The molecule has 0 radical (unpaired) electrons. The molecule has 0 bridgehead atoms. The van der Waals surface area contributed by atoms with Gasteiger partial charge in [-0.25, -0.2) is 27.5 Å². The molecule has 0 saturated carbocycles. The number of nitrogens with one attached hydrogen (secondary N) is 1. The first-order valence-electron chi connectivity index (χ1n) is 11.0. The molecular formula is C25H25F4N7O. The van der Waals surface area contributed by atoms with E-state index in [1.165, 1.54) is 18.3 Å². The number of halogens is 4. The quantitative estimate of drug-likeness (QED) is 0.131. The molecule has 0 atom stereocenters. The van der Waals surface area contributed by atoms with Crippen molar-refractivity contribution in [1.29, 1.82) is 0 Å². The van der Waals surface area contributed by atoms with E-state index in [4.69, 9.17) is 10.5 Å². The van der Waals surface area contributed by atoms with Gasteiger partial charge in [-0.15, -0.1) is 0 Å².